The standard InChI is InChI=1S/C40H58N6O9/c1-39(2,3)55-38(53)44-31(25-16-12-9-13-17-25)37(52)46-20-26-29(40(26,4)5)32(46)34(49)42-27(18-23-21-54-22-23)33(48)35(50)41-19-28(47)43-30(36(51)45(6)7)24-14-10-8-11-15-24/h8,10-11,14-15,23,25-27,29-32H,9,12-13,16-22H2,1-7H3,(H,41,50)(H,42,49)(H,43,47)(H,44,53)/t26-,27?,29?,30-,31-,32-/m0/s1. The van der Waals surface area contributed by atoms with Crippen molar-refractivity contribution in [2.24, 2.45) is 29.1 Å². The van der Waals surface area contributed by atoms with E-state index < -0.39 is 65.9 Å². The number of nitrogens with zero attached hydrogens (tertiary/aromatic N) is 2. The van der Waals surface area contributed by atoms with Crippen LogP contribution in [0.3, 0.4) is 0 Å². The average molecular weight is 767 g/mol. The highest BCUT2D eigenvalue weighted by Gasteiger charge is 2.70. The van der Waals surface area contributed by atoms with Crippen molar-refractivity contribution in [3.05, 3.63) is 35.9 Å². The summed E-state index contributed by atoms with van der Waals surface area (Å²) in [5, 5.41) is 10.6. The second kappa shape index (κ2) is 17.1. The van der Waals surface area contributed by atoms with E-state index in [-0.39, 0.29) is 47.3 Å². The van der Waals surface area contributed by atoms with Gasteiger partial charge in [0, 0.05) is 26.6 Å². The molecule has 4 fully saturated rings. The summed E-state index contributed by atoms with van der Waals surface area (Å²) in [7, 11) is 3.13. The Morgan fingerprint density at radius 3 is 2.18 bits per heavy atom. The van der Waals surface area contributed by atoms with Crippen molar-refractivity contribution in [3.8, 4) is 0 Å². The fourth-order valence-electron chi connectivity index (χ4n) is 8.33. The van der Waals surface area contributed by atoms with Gasteiger partial charge in [0.2, 0.25) is 29.4 Å². The van der Waals surface area contributed by atoms with Gasteiger partial charge >= 0.3 is 6.09 Å². The first kappa shape index (κ1) is 41.6. The summed E-state index contributed by atoms with van der Waals surface area (Å²) in [6.07, 6.45) is 3.82. The Labute approximate surface area is 323 Å². The predicted molar refractivity (Wildman–Crippen MR) is 201 cm³/mol. The third-order valence-corrected chi connectivity index (χ3v) is 11.5. The molecule has 2 aliphatic carbocycles. The zero-order valence-electron chi connectivity index (χ0n) is 33.1. The van der Waals surface area contributed by atoms with Gasteiger partial charge in [0.25, 0.3) is 5.91 Å². The Kier molecular flexibility index (Phi) is 12.9. The number of hydrogen-bond acceptors (Lipinski definition) is 9. The molecule has 0 spiro atoms. The summed E-state index contributed by atoms with van der Waals surface area (Å²) >= 11 is 0. The van der Waals surface area contributed by atoms with Gasteiger partial charge in [0.15, 0.2) is 0 Å². The Bertz CT molecular complexity index is 1620. The Morgan fingerprint density at radius 2 is 1.60 bits per heavy atom. The highest BCUT2D eigenvalue weighted by Crippen LogP contribution is 2.65. The van der Waals surface area contributed by atoms with Gasteiger partial charge in [-0.15, -0.1) is 0 Å². The molecule has 302 valence electrons. The van der Waals surface area contributed by atoms with Gasteiger partial charge in [0.05, 0.1) is 25.8 Å². The number of piperidine rings is 1. The number of alkyl carbamates (subject to hydrolysis) is 1. The smallest absolute Gasteiger partial charge is 0.408 e. The van der Waals surface area contributed by atoms with E-state index in [9.17, 15) is 33.6 Å². The van der Waals surface area contributed by atoms with Crippen LogP contribution in [-0.2, 0) is 38.2 Å². The van der Waals surface area contributed by atoms with Gasteiger partial charge in [-0.25, -0.2) is 4.79 Å². The van der Waals surface area contributed by atoms with E-state index in [2.05, 4.69) is 21.3 Å². The molecule has 1 aromatic rings. The number of likely N-dealkylation sites (N-methyl/N-ethyl adjacent to an activating group) is 1. The van der Waals surface area contributed by atoms with Crippen LogP contribution < -0.4 is 21.3 Å². The van der Waals surface area contributed by atoms with E-state index in [0.29, 0.717) is 25.3 Å². The minimum absolute atomic E-state index is 0.0378. The van der Waals surface area contributed by atoms with Crippen molar-refractivity contribution < 1.29 is 43.0 Å². The quantitative estimate of drug-likeness (QED) is 0.205. The summed E-state index contributed by atoms with van der Waals surface area (Å²) in [6.45, 7) is 9.78. The number of ketones is 1. The first-order chi connectivity index (χ1) is 25.9. The van der Waals surface area contributed by atoms with E-state index in [4.69, 9.17) is 9.47 Å². The molecule has 2 unspecified atom stereocenters. The largest absolute Gasteiger partial charge is 0.444 e. The Balaban J connectivity index is 1.29. The van der Waals surface area contributed by atoms with Crippen molar-refractivity contribution in [1.29, 1.82) is 0 Å². The van der Waals surface area contributed by atoms with Crippen LogP contribution in [0.2, 0.25) is 0 Å². The van der Waals surface area contributed by atoms with Gasteiger partial charge in [-0.2, -0.15) is 0 Å². The summed E-state index contributed by atoms with van der Waals surface area (Å²) < 4.78 is 10.8. The fraction of sp³-hybridized carbons (Fsp3) is 0.675. The van der Waals surface area contributed by atoms with Gasteiger partial charge in [0.1, 0.15) is 23.7 Å². The summed E-state index contributed by atoms with van der Waals surface area (Å²) in [5.41, 5.74) is -0.464. The van der Waals surface area contributed by atoms with Crippen LogP contribution in [0.5, 0.6) is 0 Å². The maximum Gasteiger partial charge on any atom is 0.408 e. The normalized spacial score (nSPS) is 23.5. The van der Waals surface area contributed by atoms with Crippen molar-refractivity contribution >= 4 is 41.4 Å². The molecule has 0 aromatic heterocycles. The first-order valence-corrected chi connectivity index (χ1v) is 19.4. The Hall–Kier alpha value is -4.53. The number of hydrogen-bond donors (Lipinski definition) is 4. The summed E-state index contributed by atoms with van der Waals surface area (Å²) in [6, 6.07) is 4.58. The third kappa shape index (κ3) is 10.0. The second-order valence-electron chi connectivity index (χ2n) is 17.3. The molecule has 0 radical (unpaired) electrons. The number of amides is 6. The van der Waals surface area contributed by atoms with Crippen LogP contribution in [0.1, 0.15) is 84.7 Å². The molecule has 2 saturated heterocycles. The minimum atomic E-state index is -1.25. The Morgan fingerprint density at radius 1 is 0.945 bits per heavy atom. The van der Waals surface area contributed by atoms with Crippen molar-refractivity contribution in [2.45, 2.75) is 103 Å². The number of fused-ring (bicyclic) bond motifs is 1. The highest BCUT2D eigenvalue weighted by molar-refractivity contribution is 6.38. The predicted octanol–water partition coefficient (Wildman–Crippen LogP) is 2.10. The number of likely N-dealkylation sites (tertiary alicyclic amines) is 1. The number of rotatable bonds is 14. The number of ether oxygens (including phenoxy) is 2. The molecule has 2 heterocycles. The molecule has 5 rings (SSSR count). The number of nitrogens with one attached hydrogen (secondary N) is 4. The minimum Gasteiger partial charge on any atom is -0.444 e. The highest BCUT2D eigenvalue weighted by atomic mass is 16.6. The van der Waals surface area contributed by atoms with Crippen LogP contribution in [0.4, 0.5) is 4.79 Å². The SMILES string of the molecule is CN(C)C(=O)[C@@H](NC(=O)CNC(=O)C(=O)C(CC1COC1)NC(=O)[C@@H]1C2[C@H](CN1C(=O)[C@@H](NC(=O)OC(C)(C)C)C1CCCCC1)C2(C)C)c1ccccc1. The van der Waals surface area contributed by atoms with Crippen LogP contribution >= 0.6 is 0 Å². The van der Waals surface area contributed by atoms with Gasteiger partial charge in [-0.1, -0.05) is 63.4 Å². The molecule has 15 heteroatoms. The average Bonchev–Trinajstić information content (AvgIpc) is 3.41. The molecule has 4 N–H and O–H groups in total. The van der Waals surface area contributed by atoms with E-state index >= 15 is 0 Å². The lowest BCUT2D eigenvalue weighted by atomic mass is 9.83. The van der Waals surface area contributed by atoms with Crippen LogP contribution in [0, 0.1) is 29.1 Å². The van der Waals surface area contributed by atoms with Gasteiger partial charge < -0.3 is 40.5 Å². The summed E-state index contributed by atoms with van der Waals surface area (Å²) in [5.74, 6) is -4.35. The van der Waals surface area contributed by atoms with E-state index in [1.165, 1.54) is 4.90 Å². The molecule has 2 saturated carbocycles. The van der Waals surface area contributed by atoms with Crippen molar-refractivity contribution in [1.82, 2.24) is 31.1 Å². The fourth-order valence-corrected chi connectivity index (χ4v) is 8.33. The van der Waals surface area contributed by atoms with E-state index in [1.54, 1.807) is 70.1 Å². The molecule has 6 atom stereocenters. The zero-order valence-corrected chi connectivity index (χ0v) is 33.1. The van der Waals surface area contributed by atoms with Crippen molar-refractivity contribution in [3.63, 3.8) is 0 Å². The lowest BCUT2D eigenvalue weighted by molar-refractivity contribution is -0.145. The molecule has 15 nitrogen and oxygen atoms in total. The first-order valence-electron chi connectivity index (χ1n) is 19.4. The molecular formula is C40H58N6O9. The maximum absolute atomic E-state index is 14.5. The molecule has 4 aliphatic rings. The van der Waals surface area contributed by atoms with Crippen LogP contribution in [-0.4, -0.2) is 115 Å². The lowest BCUT2D eigenvalue weighted by Gasteiger charge is -2.37. The van der Waals surface area contributed by atoms with Crippen molar-refractivity contribution in [2.75, 3.05) is 40.4 Å². The number of carbonyl (C=O) groups is 7. The summed E-state index contributed by atoms with van der Waals surface area (Å²) in [4.78, 5) is 97.5. The van der Waals surface area contributed by atoms with Gasteiger partial charge in [-0.05, 0) is 68.8 Å². The number of benzene rings is 1. The zero-order chi connectivity index (χ0) is 40.2. The topological polar surface area (TPSA) is 193 Å². The van der Waals surface area contributed by atoms with E-state index in [1.807, 2.05) is 13.8 Å². The van der Waals surface area contributed by atoms with E-state index in [0.717, 1.165) is 32.1 Å². The third-order valence-electron chi connectivity index (χ3n) is 11.5. The molecule has 0 bridgehead atoms. The number of Topliss-reactive ketones (excluding diaryl/α,β-unsaturated/α-hetero) is 1. The molecule has 1 aromatic carbocycles. The van der Waals surface area contributed by atoms with Gasteiger partial charge in [-0.3, -0.25) is 28.8 Å². The van der Waals surface area contributed by atoms with Crippen LogP contribution in [0.25, 0.3) is 0 Å². The monoisotopic (exact) mass is 766 g/mol. The molecule has 55 heavy (non-hydrogen) atoms. The molecule has 6 amide bonds. The van der Waals surface area contributed by atoms with Crippen LogP contribution in [0.15, 0.2) is 30.3 Å². The molecule has 2 aliphatic heterocycles. The lowest BCUT2D eigenvalue weighted by Crippen LogP contribution is -2.60. The maximum atomic E-state index is 14.5. The second-order valence-corrected chi connectivity index (χ2v) is 17.3. The molecular weight excluding hydrogens is 708 g/mol. The number of carbonyl (C=O) groups excluding carboxylic acids is 7.